The zero-order valence-electron chi connectivity index (χ0n) is 21.3. The van der Waals surface area contributed by atoms with E-state index in [1.165, 1.54) is 0 Å². The van der Waals surface area contributed by atoms with Crippen molar-refractivity contribution in [3.63, 3.8) is 0 Å². The molecule has 0 saturated carbocycles. The van der Waals surface area contributed by atoms with Crippen LogP contribution in [0.3, 0.4) is 0 Å². The molecule has 1 N–H and O–H groups in total. The highest BCUT2D eigenvalue weighted by Gasteiger charge is 2.27. The molecule has 0 aliphatic carbocycles. The lowest BCUT2D eigenvalue weighted by molar-refractivity contribution is -0.143. The number of β-amino-alcohol motifs (C(OH)–C–C–N with tert-alkyl or cyclic N) is 1. The molecule has 2 aromatic rings. The highest BCUT2D eigenvalue weighted by molar-refractivity contribution is 6.42. The molecular formula is C28H35Cl2F2NO4. The van der Waals surface area contributed by atoms with Crippen LogP contribution < -0.4 is 0 Å². The van der Waals surface area contributed by atoms with Crippen molar-refractivity contribution < 1.29 is 28.2 Å². The number of aryl methyl sites for hydroxylation is 1. The molecule has 37 heavy (non-hydrogen) atoms. The normalized spacial score (nSPS) is 17.6. The summed E-state index contributed by atoms with van der Waals surface area (Å²) in [4.78, 5) is 14.1. The largest absolute Gasteiger partial charge is 0.466 e. The van der Waals surface area contributed by atoms with Gasteiger partial charge >= 0.3 is 5.97 Å². The molecule has 2 aromatic carbocycles. The Balaban J connectivity index is 1.60. The average molecular weight is 558 g/mol. The topological polar surface area (TPSA) is 59.0 Å². The molecule has 1 heterocycles. The summed E-state index contributed by atoms with van der Waals surface area (Å²) >= 11 is 12.2. The van der Waals surface area contributed by atoms with E-state index in [9.17, 15) is 18.7 Å². The van der Waals surface area contributed by atoms with Crippen molar-refractivity contribution in [3.05, 3.63) is 68.7 Å². The molecule has 0 spiro atoms. The van der Waals surface area contributed by atoms with Crippen molar-refractivity contribution in [2.75, 3.05) is 26.3 Å². The van der Waals surface area contributed by atoms with E-state index in [0.29, 0.717) is 34.1 Å². The Morgan fingerprint density at radius 1 is 1.16 bits per heavy atom. The van der Waals surface area contributed by atoms with Crippen molar-refractivity contribution in [2.24, 2.45) is 0 Å². The van der Waals surface area contributed by atoms with E-state index in [4.69, 9.17) is 32.7 Å². The van der Waals surface area contributed by atoms with Crippen molar-refractivity contribution >= 4 is 29.2 Å². The lowest BCUT2D eigenvalue weighted by Gasteiger charge is -2.28. The Labute approximate surface area is 227 Å². The number of aliphatic hydroxyl groups excluding tert-OH is 1. The van der Waals surface area contributed by atoms with E-state index in [2.05, 4.69) is 4.90 Å². The second-order valence-corrected chi connectivity index (χ2v) is 10.2. The SMILES string of the molecule is CCOC(=O)CCc1cc(F)c(F)cc1[C@@H](CC)OC[C@H](O)CN1CCC[C@H]1Cc1ccc(Cl)c(Cl)c1. The number of rotatable bonds is 13. The van der Waals surface area contributed by atoms with Gasteiger partial charge in [0.1, 0.15) is 0 Å². The van der Waals surface area contributed by atoms with Gasteiger partial charge in [-0.2, -0.15) is 0 Å². The molecule has 0 unspecified atom stereocenters. The number of esters is 1. The summed E-state index contributed by atoms with van der Waals surface area (Å²) in [6.07, 6.45) is 2.32. The summed E-state index contributed by atoms with van der Waals surface area (Å²) < 4.78 is 39.1. The number of likely N-dealkylation sites (tertiary alicyclic amines) is 1. The average Bonchev–Trinajstić information content (AvgIpc) is 3.29. The van der Waals surface area contributed by atoms with Crippen LogP contribution in [0.25, 0.3) is 0 Å². The van der Waals surface area contributed by atoms with Gasteiger partial charge in [-0.1, -0.05) is 36.2 Å². The molecule has 0 aromatic heterocycles. The van der Waals surface area contributed by atoms with Crippen LogP contribution in [0.1, 0.15) is 62.3 Å². The second kappa shape index (κ2) is 14.4. The fraction of sp³-hybridized carbons (Fsp3) is 0.536. The molecule has 0 radical (unpaired) electrons. The van der Waals surface area contributed by atoms with Crippen LogP contribution in [0.15, 0.2) is 30.3 Å². The number of ether oxygens (including phenoxy) is 2. The first kappa shape index (κ1) is 29.8. The number of carbonyl (C=O) groups is 1. The Bertz CT molecular complexity index is 1060. The third kappa shape index (κ3) is 8.62. The summed E-state index contributed by atoms with van der Waals surface area (Å²) in [7, 11) is 0. The number of halogens is 4. The van der Waals surface area contributed by atoms with Gasteiger partial charge in [-0.15, -0.1) is 0 Å². The zero-order chi connectivity index (χ0) is 26.9. The molecule has 0 bridgehead atoms. The third-order valence-corrected chi connectivity index (χ3v) is 7.43. The van der Waals surface area contributed by atoms with E-state index >= 15 is 0 Å². The molecule has 0 amide bonds. The van der Waals surface area contributed by atoms with Crippen LogP contribution in [0.2, 0.25) is 10.0 Å². The Morgan fingerprint density at radius 2 is 1.92 bits per heavy atom. The highest BCUT2D eigenvalue weighted by atomic mass is 35.5. The van der Waals surface area contributed by atoms with Crippen molar-refractivity contribution in [2.45, 2.75) is 70.6 Å². The fourth-order valence-corrected chi connectivity index (χ4v) is 5.19. The molecule has 3 rings (SSSR count). The number of hydrogen-bond acceptors (Lipinski definition) is 5. The van der Waals surface area contributed by atoms with Gasteiger partial charge in [0.2, 0.25) is 0 Å². The first-order chi connectivity index (χ1) is 17.7. The molecule has 204 valence electrons. The molecule has 1 aliphatic heterocycles. The number of benzene rings is 2. The minimum absolute atomic E-state index is 0.0464. The van der Waals surface area contributed by atoms with Gasteiger partial charge in [0, 0.05) is 19.0 Å². The summed E-state index contributed by atoms with van der Waals surface area (Å²) in [6, 6.07) is 8.17. The first-order valence-electron chi connectivity index (χ1n) is 12.8. The van der Waals surface area contributed by atoms with Crippen LogP contribution in [0.5, 0.6) is 0 Å². The van der Waals surface area contributed by atoms with Gasteiger partial charge in [0.15, 0.2) is 11.6 Å². The molecule has 5 nitrogen and oxygen atoms in total. The van der Waals surface area contributed by atoms with Crippen LogP contribution in [0.4, 0.5) is 8.78 Å². The van der Waals surface area contributed by atoms with Crippen LogP contribution in [-0.2, 0) is 27.1 Å². The predicted molar refractivity (Wildman–Crippen MR) is 141 cm³/mol. The monoisotopic (exact) mass is 557 g/mol. The minimum Gasteiger partial charge on any atom is -0.466 e. The van der Waals surface area contributed by atoms with Gasteiger partial charge < -0.3 is 14.6 Å². The lowest BCUT2D eigenvalue weighted by atomic mass is 9.96. The third-order valence-electron chi connectivity index (χ3n) is 6.69. The summed E-state index contributed by atoms with van der Waals surface area (Å²) in [5, 5.41) is 11.8. The molecule has 1 saturated heterocycles. The minimum atomic E-state index is -0.973. The fourth-order valence-electron chi connectivity index (χ4n) is 4.87. The van der Waals surface area contributed by atoms with E-state index in [-0.39, 0.29) is 32.1 Å². The maximum absolute atomic E-state index is 14.1. The molecule has 1 fully saturated rings. The lowest BCUT2D eigenvalue weighted by Crippen LogP contribution is -2.39. The number of carbonyl (C=O) groups excluding carboxylic acids is 1. The maximum Gasteiger partial charge on any atom is 0.306 e. The maximum atomic E-state index is 14.1. The molecular weight excluding hydrogens is 523 g/mol. The van der Waals surface area contributed by atoms with Gasteiger partial charge in [-0.05, 0) is 86.5 Å². The molecule has 1 aliphatic rings. The second-order valence-electron chi connectivity index (χ2n) is 9.40. The Morgan fingerprint density at radius 3 is 2.62 bits per heavy atom. The standard InChI is InChI=1S/C28H35Cl2F2NO4/c1-3-27(22-15-26(32)25(31)14-19(22)8-10-28(35)36-4-2)37-17-21(34)16-33-11-5-6-20(33)12-18-7-9-23(29)24(30)13-18/h7,9,13-15,20-21,27,34H,3-6,8,10-12,16-17H2,1-2H3/t20-,21+,27+/m0/s1. The van der Waals surface area contributed by atoms with E-state index < -0.39 is 29.8 Å². The van der Waals surface area contributed by atoms with Crippen LogP contribution >= 0.6 is 23.2 Å². The van der Waals surface area contributed by atoms with Gasteiger partial charge in [-0.25, -0.2) is 8.78 Å². The van der Waals surface area contributed by atoms with Gasteiger partial charge in [0.25, 0.3) is 0 Å². The number of aliphatic hydroxyl groups is 1. The van der Waals surface area contributed by atoms with E-state index in [0.717, 1.165) is 43.5 Å². The summed E-state index contributed by atoms with van der Waals surface area (Å²) in [5.74, 6) is -2.34. The van der Waals surface area contributed by atoms with Gasteiger partial charge in [-0.3, -0.25) is 9.69 Å². The van der Waals surface area contributed by atoms with Crippen molar-refractivity contribution in [3.8, 4) is 0 Å². The quantitative estimate of drug-likeness (QED) is 0.293. The van der Waals surface area contributed by atoms with Crippen LogP contribution in [0, 0.1) is 11.6 Å². The van der Waals surface area contributed by atoms with Crippen LogP contribution in [-0.4, -0.2) is 54.4 Å². The number of hydrogen-bond donors (Lipinski definition) is 1. The summed E-state index contributed by atoms with van der Waals surface area (Å²) in [6.45, 7) is 5.21. The van der Waals surface area contributed by atoms with E-state index in [1.807, 2.05) is 19.1 Å². The van der Waals surface area contributed by atoms with E-state index in [1.54, 1.807) is 13.0 Å². The van der Waals surface area contributed by atoms with Gasteiger partial charge in [0.05, 0.1) is 35.5 Å². The molecule has 3 atom stereocenters. The Kier molecular flexibility index (Phi) is 11.6. The Hall–Kier alpha value is -1.77. The van der Waals surface area contributed by atoms with Crippen molar-refractivity contribution in [1.29, 1.82) is 0 Å². The predicted octanol–water partition coefficient (Wildman–Crippen LogP) is 6.30. The summed E-state index contributed by atoms with van der Waals surface area (Å²) in [5.41, 5.74) is 2.07. The highest BCUT2D eigenvalue weighted by Crippen LogP contribution is 2.29. The first-order valence-corrected chi connectivity index (χ1v) is 13.6. The van der Waals surface area contributed by atoms with Crippen molar-refractivity contribution in [1.82, 2.24) is 4.90 Å². The molecule has 9 heteroatoms. The number of nitrogens with zero attached hydrogens (tertiary/aromatic N) is 1. The zero-order valence-corrected chi connectivity index (χ0v) is 22.8. The smallest absolute Gasteiger partial charge is 0.306 e.